The number of halogens is 3. The van der Waals surface area contributed by atoms with Crippen LogP contribution in [0.15, 0.2) is 54.6 Å². The molecular weight excluding hydrogens is 485 g/mol. The van der Waals surface area contributed by atoms with E-state index in [1.165, 1.54) is 0 Å². The highest BCUT2D eigenvalue weighted by molar-refractivity contribution is 6.36. The zero-order chi connectivity index (χ0) is 23.8. The number of benzene rings is 3. The molecule has 0 atom stereocenters. The third kappa shape index (κ3) is 6.70. The second kappa shape index (κ2) is 12.0. The van der Waals surface area contributed by atoms with Crippen LogP contribution in [0.2, 0.25) is 15.1 Å². The Balaban J connectivity index is 1.72. The van der Waals surface area contributed by atoms with Gasteiger partial charge in [-0.15, -0.1) is 0 Å². The molecule has 0 heterocycles. The average Bonchev–Trinajstić information content (AvgIpc) is 2.80. The van der Waals surface area contributed by atoms with Crippen molar-refractivity contribution in [2.24, 2.45) is 0 Å². The summed E-state index contributed by atoms with van der Waals surface area (Å²) in [6, 6.07) is 15.9. The van der Waals surface area contributed by atoms with E-state index in [9.17, 15) is 4.79 Å². The molecule has 1 N–H and O–H groups in total. The number of hydrogen-bond donors (Lipinski definition) is 1. The van der Waals surface area contributed by atoms with Crippen LogP contribution >= 0.6 is 34.8 Å². The zero-order valence-electron chi connectivity index (χ0n) is 18.3. The highest BCUT2D eigenvalue weighted by Gasteiger charge is 2.14. The molecule has 0 aliphatic carbocycles. The molecule has 8 heteroatoms. The van der Waals surface area contributed by atoms with Gasteiger partial charge in [-0.3, -0.25) is 0 Å². The first-order chi connectivity index (χ1) is 15.9. The molecule has 0 aliphatic heterocycles. The van der Waals surface area contributed by atoms with Gasteiger partial charge in [0.25, 0.3) is 0 Å². The molecule has 0 saturated heterocycles. The molecule has 174 valence electrons. The van der Waals surface area contributed by atoms with Crippen molar-refractivity contribution < 1.29 is 19.0 Å². The second-order valence-electron chi connectivity index (χ2n) is 6.96. The molecule has 0 radical (unpaired) electrons. The smallest absolute Gasteiger partial charge is 0.338 e. The topological polar surface area (TPSA) is 56.8 Å². The minimum Gasteiger partial charge on any atom is -0.490 e. The summed E-state index contributed by atoms with van der Waals surface area (Å²) < 4.78 is 16.7. The molecule has 0 amide bonds. The Hall–Kier alpha value is -2.60. The van der Waals surface area contributed by atoms with E-state index in [4.69, 9.17) is 49.0 Å². The third-order valence-electron chi connectivity index (χ3n) is 4.73. The lowest BCUT2D eigenvalue weighted by Crippen LogP contribution is -2.06. The van der Waals surface area contributed by atoms with Gasteiger partial charge in [0.15, 0.2) is 11.5 Å². The molecule has 0 aliphatic rings. The summed E-state index contributed by atoms with van der Waals surface area (Å²) in [6.07, 6.45) is 0. The highest BCUT2D eigenvalue weighted by atomic mass is 35.5. The molecule has 33 heavy (non-hydrogen) atoms. The van der Waals surface area contributed by atoms with E-state index < -0.39 is 0 Å². The summed E-state index contributed by atoms with van der Waals surface area (Å²) >= 11 is 19.0. The van der Waals surface area contributed by atoms with Gasteiger partial charge in [-0.1, -0.05) is 40.9 Å². The van der Waals surface area contributed by atoms with Gasteiger partial charge >= 0.3 is 5.97 Å². The predicted molar refractivity (Wildman–Crippen MR) is 133 cm³/mol. The molecule has 3 rings (SSSR count). The maximum absolute atomic E-state index is 11.8. The van der Waals surface area contributed by atoms with Gasteiger partial charge in [-0.25, -0.2) is 4.79 Å². The van der Waals surface area contributed by atoms with E-state index >= 15 is 0 Å². The largest absolute Gasteiger partial charge is 0.490 e. The number of carbonyl (C=O) groups is 1. The van der Waals surface area contributed by atoms with Gasteiger partial charge in [0.05, 0.1) is 18.8 Å². The Morgan fingerprint density at radius 3 is 2.15 bits per heavy atom. The van der Waals surface area contributed by atoms with E-state index in [1.807, 2.05) is 25.1 Å². The van der Waals surface area contributed by atoms with Gasteiger partial charge < -0.3 is 19.5 Å². The van der Waals surface area contributed by atoms with Crippen molar-refractivity contribution in [1.82, 2.24) is 0 Å². The fraction of sp³-hybridized carbons (Fsp3) is 0.240. The van der Waals surface area contributed by atoms with Crippen LogP contribution < -0.4 is 14.8 Å². The lowest BCUT2D eigenvalue weighted by Gasteiger charge is -2.16. The summed E-state index contributed by atoms with van der Waals surface area (Å²) in [4.78, 5) is 11.8. The summed E-state index contributed by atoms with van der Waals surface area (Å²) in [5, 5.41) is 4.87. The molecule has 0 fully saturated rings. The molecule has 0 unspecified atom stereocenters. The van der Waals surface area contributed by atoms with Crippen molar-refractivity contribution in [3.8, 4) is 11.5 Å². The van der Waals surface area contributed by atoms with Gasteiger partial charge in [-0.05, 0) is 61.9 Å². The summed E-state index contributed by atoms with van der Waals surface area (Å²) in [5.74, 6) is 0.724. The number of esters is 1. The molecule has 0 spiro atoms. The van der Waals surface area contributed by atoms with E-state index in [1.54, 1.807) is 43.3 Å². The van der Waals surface area contributed by atoms with Gasteiger partial charge in [0.2, 0.25) is 0 Å². The predicted octanol–water partition coefficient (Wildman–Crippen LogP) is 7.41. The van der Waals surface area contributed by atoms with Crippen molar-refractivity contribution in [3.63, 3.8) is 0 Å². The SMILES string of the molecule is CCOC(=O)c1ccc(NCc2cc(OCC)c(OCc3c(Cl)cccc3Cl)cc2Cl)cc1. The van der Waals surface area contributed by atoms with Crippen LogP contribution in [-0.4, -0.2) is 19.2 Å². The van der Waals surface area contributed by atoms with Crippen LogP contribution in [0.1, 0.15) is 35.3 Å². The summed E-state index contributed by atoms with van der Waals surface area (Å²) in [6.45, 7) is 5.11. The van der Waals surface area contributed by atoms with E-state index in [0.29, 0.717) is 57.5 Å². The van der Waals surface area contributed by atoms with Crippen molar-refractivity contribution in [2.75, 3.05) is 18.5 Å². The number of nitrogens with one attached hydrogen (secondary N) is 1. The minimum absolute atomic E-state index is 0.180. The molecule has 0 bridgehead atoms. The molecule has 5 nitrogen and oxygen atoms in total. The first kappa shape index (κ1) is 25.0. The van der Waals surface area contributed by atoms with Gasteiger partial charge in [0, 0.05) is 38.9 Å². The standard InChI is InChI=1S/C25H24Cl3NO4/c1-3-31-23-12-17(14-29-18-10-8-16(9-11-18)25(30)32-4-2)22(28)13-24(23)33-15-19-20(26)6-5-7-21(19)27/h5-13,29H,3-4,14-15H2,1-2H3. The van der Waals surface area contributed by atoms with Gasteiger partial charge in [-0.2, -0.15) is 0 Å². The maximum Gasteiger partial charge on any atom is 0.338 e. The Kier molecular flexibility index (Phi) is 9.12. The number of rotatable bonds is 10. The van der Waals surface area contributed by atoms with Crippen molar-refractivity contribution >= 4 is 46.5 Å². The second-order valence-corrected chi connectivity index (χ2v) is 8.19. The molecule has 3 aromatic rings. The van der Waals surface area contributed by atoms with Crippen molar-refractivity contribution in [1.29, 1.82) is 0 Å². The first-order valence-electron chi connectivity index (χ1n) is 10.4. The first-order valence-corrected chi connectivity index (χ1v) is 11.6. The van der Waals surface area contributed by atoms with Crippen molar-refractivity contribution in [3.05, 3.63) is 86.4 Å². The average molecular weight is 509 g/mol. The lowest BCUT2D eigenvalue weighted by atomic mass is 10.1. The number of ether oxygens (including phenoxy) is 3. The Morgan fingerprint density at radius 2 is 1.52 bits per heavy atom. The summed E-state index contributed by atoms with van der Waals surface area (Å²) in [5.41, 5.74) is 2.86. The Labute approximate surface area is 208 Å². The normalized spacial score (nSPS) is 10.6. The quantitative estimate of drug-likeness (QED) is 0.289. The number of hydrogen-bond acceptors (Lipinski definition) is 5. The number of carbonyl (C=O) groups excluding carboxylic acids is 1. The van der Waals surface area contributed by atoms with E-state index in [0.717, 1.165) is 11.3 Å². The summed E-state index contributed by atoms with van der Waals surface area (Å²) in [7, 11) is 0. The molecule has 0 aromatic heterocycles. The van der Waals surface area contributed by atoms with Crippen LogP contribution in [-0.2, 0) is 17.9 Å². The van der Waals surface area contributed by atoms with Crippen molar-refractivity contribution in [2.45, 2.75) is 27.0 Å². The van der Waals surface area contributed by atoms with E-state index in [2.05, 4.69) is 5.32 Å². The van der Waals surface area contributed by atoms with E-state index in [-0.39, 0.29) is 12.6 Å². The fourth-order valence-corrected chi connectivity index (χ4v) is 3.78. The van der Waals surface area contributed by atoms with Gasteiger partial charge in [0.1, 0.15) is 6.61 Å². The van der Waals surface area contributed by atoms with Crippen LogP contribution in [0, 0.1) is 0 Å². The molecule has 0 saturated carbocycles. The fourth-order valence-electron chi connectivity index (χ4n) is 3.05. The van der Waals surface area contributed by atoms with Crippen LogP contribution in [0.25, 0.3) is 0 Å². The Bertz CT molecular complexity index is 1080. The highest BCUT2D eigenvalue weighted by Crippen LogP contribution is 2.35. The molecule has 3 aromatic carbocycles. The van der Waals surface area contributed by atoms with Crippen LogP contribution in [0.5, 0.6) is 11.5 Å². The monoisotopic (exact) mass is 507 g/mol. The van der Waals surface area contributed by atoms with Crippen LogP contribution in [0.3, 0.4) is 0 Å². The van der Waals surface area contributed by atoms with Crippen LogP contribution in [0.4, 0.5) is 5.69 Å². The minimum atomic E-state index is -0.345. The third-order valence-corrected chi connectivity index (χ3v) is 5.79. The Morgan fingerprint density at radius 1 is 0.848 bits per heavy atom. The lowest BCUT2D eigenvalue weighted by molar-refractivity contribution is 0.0526. The maximum atomic E-state index is 11.8. The number of anilines is 1. The zero-order valence-corrected chi connectivity index (χ0v) is 20.6. The molecular formula is C25H24Cl3NO4.